The van der Waals surface area contributed by atoms with E-state index >= 15 is 0 Å². The SMILES string of the molecule is CCN1CCC(C(C)NCCC(C)SC)CC1. The van der Waals surface area contributed by atoms with Crippen LogP contribution in [0.2, 0.25) is 0 Å². The molecule has 2 nitrogen and oxygen atoms in total. The van der Waals surface area contributed by atoms with Crippen molar-refractivity contribution in [1.29, 1.82) is 0 Å². The molecule has 0 aromatic heterocycles. The van der Waals surface area contributed by atoms with Crippen molar-refractivity contribution in [2.24, 2.45) is 5.92 Å². The Balaban J connectivity index is 2.13. The van der Waals surface area contributed by atoms with E-state index in [9.17, 15) is 0 Å². The summed E-state index contributed by atoms with van der Waals surface area (Å²) in [4.78, 5) is 2.57. The van der Waals surface area contributed by atoms with Gasteiger partial charge >= 0.3 is 0 Å². The molecule has 2 atom stereocenters. The summed E-state index contributed by atoms with van der Waals surface area (Å²) in [5, 5.41) is 4.51. The highest BCUT2D eigenvalue weighted by molar-refractivity contribution is 7.99. The van der Waals surface area contributed by atoms with Crippen LogP contribution < -0.4 is 5.32 Å². The minimum Gasteiger partial charge on any atom is -0.314 e. The van der Waals surface area contributed by atoms with Gasteiger partial charge in [-0.05, 0) is 64.5 Å². The van der Waals surface area contributed by atoms with Gasteiger partial charge in [0.1, 0.15) is 0 Å². The highest BCUT2D eigenvalue weighted by atomic mass is 32.2. The average Bonchev–Trinajstić information content (AvgIpc) is 2.38. The summed E-state index contributed by atoms with van der Waals surface area (Å²) in [5.41, 5.74) is 0. The summed E-state index contributed by atoms with van der Waals surface area (Å²) < 4.78 is 0. The molecule has 0 aromatic rings. The maximum atomic E-state index is 3.72. The minimum atomic E-state index is 0.697. The predicted molar refractivity (Wildman–Crippen MR) is 79.9 cm³/mol. The first kappa shape index (κ1) is 15.3. The summed E-state index contributed by atoms with van der Waals surface area (Å²) in [7, 11) is 0. The molecule has 2 unspecified atom stereocenters. The molecular weight excluding hydrogens is 228 g/mol. The van der Waals surface area contributed by atoms with Crippen LogP contribution in [0.3, 0.4) is 0 Å². The molecule has 1 aliphatic heterocycles. The lowest BCUT2D eigenvalue weighted by atomic mass is 9.90. The molecule has 1 saturated heterocycles. The quantitative estimate of drug-likeness (QED) is 0.756. The molecule has 17 heavy (non-hydrogen) atoms. The molecule has 0 saturated carbocycles. The van der Waals surface area contributed by atoms with E-state index in [0.29, 0.717) is 6.04 Å². The topological polar surface area (TPSA) is 15.3 Å². The van der Waals surface area contributed by atoms with Gasteiger partial charge in [-0.2, -0.15) is 11.8 Å². The summed E-state index contributed by atoms with van der Waals surface area (Å²) in [5.74, 6) is 0.891. The van der Waals surface area contributed by atoms with Crippen LogP contribution in [0, 0.1) is 5.92 Å². The predicted octanol–water partition coefficient (Wildman–Crippen LogP) is 2.84. The number of nitrogens with zero attached hydrogens (tertiary/aromatic N) is 1. The fourth-order valence-corrected chi connectivity index (χ4v) is 2.92. The van der Waals surface area contributed by atoms with E-state index in [2.05, 4.69) is 37.2 Å². The van der Waals surface area contributed by atoms with E-state index in [4.69, 9.17) is 0 Å². The van der Waals surface area contributed by atoms with Crippen LogP contribution in [-0.4, -0.2) is 48.6 Å². The zero-order valence-electron chi connectivity index (χ0n) is 12.0. The Hall–Kier alpha value is 0.270. The zero-order chi connectivity index (χ0) is 12.7. The Morgan fingerprint density at radius 1 is 1.29 bits per heavy atom. The van der Waals surface area contributed by atoms with E-state index in [-0.39, 0.29) is 0 Å². The van der Waals surface area contributed by atoms with Crippen molar-refractivity contribution in [2.45, 2.75) is 51.3 Å². The smallest absolute Gasteiger partial charge is 0.00679 e. The highest BCUT2D eigenvalue weighted by Crippen LogP contribution is 2.20. The first-order valence-corrected chi connectivity index (χ1v) is 8.44. The third kappa shape index (κ3) is 5.62. The van der Waals surface area contributed by atoms with Crippen molar-refractivity contribution in [3.63, 3.8) is 0 Å². The maximum Gasteiger partial charge on any atom is 0.00679 e. The molecule has 3 heteroatoms. The van der Waals surface area contributed by atoms with Gasteiger partial charge in [-0.1, -0.05) is 13.8 Å². The van der Waals surface area contributed by atoms with Gasteiger partial charge in [0.2, 0.25) is 0 Å². The number of hydrogen-bond donors (Lipinski definition) is 1. The van der Waals surface area contributed by atoms with Crippen LogP contribution in [0.5, 0.6) is 0 Å². The van der Waals surface area contributed by atoms with Crippen molar-refractivity contribution >= 4 is 11.8 Å². The lowest BCUT2D eigenvalue weighted by molar-refractivity contribution is 0.169. The molecule has 1 aliphatic rings. The van der Waals surface area contributed by atoms with Crippen molar-refractivity contribution in [1.82, 2.24) is 10.2 Å². The van der Waals surface area contributed by atoms with E-state index in [1.807, 2.05) is 11.8 Å². The highest BCUT2D eigenvalue weighted by Gasteiger charge is 2.22. The summed E-state index contributed by atoms with van der Waals surface area (Å²) in [6.07, 6.45) is 6.24. The third-order valence-corrected chi connectivity index (χ3v) is 5.25. The van der Waals surface area contributed by atoms with E-state index in [1.165, 1.54) is 45.4 Å². The van der Waals surface area contributed by atoms with Gasteiger partial charge in [0.25, 0.3) is 0 Å². The van der Waals surface area contributed by atoms with Gasteiger partial charge in [-0.25, -0.2) is 0 Å². The van der Waals surface area contributed by atoms with Gasteiger partial charge in [0, 0.05) is 11.3 Å². The fraction of sp³-hybridized carbons (Fsp3) is 1.00. The molecular formula is C14H30N2S. The Bertz CT molecular complexity index is 191. The van der Waals surface area contributed by atoms with Crippen LogP contribution in [0.15, 0.2) is 0 Å². The minimum absolute atomic E-state index is 0.697. The first-order valence-electron chi connectivity index (χ1n) is 7.15. The van der Waals surface area contributed by atoms with Crippen molar-refractivity contribution in [2.75, 3.05) is 32.4 Å². The van der Waals surface area contributed by atoms with E-state index < -0.39 is 0 Å². The number of hydrogen-bond acceptors (Lipinski definition) is 3. The molecule has 1 rings (SSSR count). The van der Waals surface area contributed by atoms with Crippen molar-refractivity contribution < 1.29 is 0 Å². The summed E-state index contributed by atoms with van der Waals surface area (Å²) >= 11 is 1.97. The molecule has 1 N–H and O–H groups in total. The van der Waals surface area contributed by atoms with E-state index in [0.717, 1.165) is 11.2 Å². The van der Waals surface area contributed by atoms with Crippen LogP contribution in [0.25, 0.3) is 0 Å². The van der Waals surface area contributed by atoms with Crippen molar-refractivity contribution in [3.8, 4) is 0 Å². The molecule has 0 aromatic carbocycles. The Kier molecular flexibility index (Phi) is 7.56. The van der Waals surface area contributed by atoms with E-state index in [1.54, 1.807) is 0 Å². The molecule has 0 bridgehead atoms. The number of nitrogens with one attached hydrogen (secondary N) is 1. The van der Waals surface area contributed by atoms with Crippen LogP contribution in [0.4, 0.5) is 0 Å². The largest absolute Gasteiger partial charge is 0.314 e. The van der Waals surface area contributed by atoms with Gasteiger partial charge in [0.05, 0.1) is 0 Å². The van der Waals surface area contributed by atoms with Crippen LogP contribution in [-0.2, 0) is 0 Å². The second-order valence-corrected chi connectivity index (χ2v) is 6.63. The molecule has 0 amide bonds. The molecule has 102 valence electrons. The lowest BCUT2D eigenvalue weighted by Gasteiger charge is -2.34. The number of thioether (sulfide) groups is 1. The lowest BCUT2D eigenvalue weighted by Crippen LogP contribution is -2.42. The zero-order valence-corrected chi connectivity index (χ0v) is 12.9. The Morgan fingerprint density at radius 3 is 2.47 bits per heavy atom. The number of likely N-dealkylation sites (tertiary alicyclic amines) is 1. The molecule has 0 spiro atoms. The monoisotopic (exact) mass is 258 g/mol. The second kappa shape index (κ2) is 8.39. The van der Waals surface area contributed by atoms with Gasteiger partial charge in [0.15, 0.2) is 0 Å². The normalized spacial score (nSPS) is 22.6. The third-order valence-electron chi connectivity index (χ3n) is 4.21. The number of rotatable bonds is 7. The van der Waals surface area contributed by atoms with Crippen molar-refractivity contribution in [3.05, 3.63) is 0 Å². The standard InChI is InChI=1S/C14H30N2S/c1-5-16-10-7-14(8-11-16)13(3)15-9-6-12(2)17-4/h12-15H,5-11H2,1-4H3. The van der Waals surface area contributed by atoms with Gasteiger partial charge in [-0.15, -0.1) is 0 Å². The Labute approximate surface area is 112 Å². The van der Waals surface area contributed by atoms with Crippen LogP contribution in [0.1, 0.15) is 40.0 Å². The molecule has 0 aliphatic carbocycles. The average molecular weight is 258 g/mol. The fourth-order valence-electron chi connectivity index (χ4n) is 2.57. The second-order valence-electron chi connectivity index (χ2n) is 5.35. The summed E-state index contributed by atoms with van der Waals surface area (Å²) in [6.45, 7) is 12.0. The molecule has 1 fully saturated rings. The summed E-state index contributed by atoms with van der Waals surface area (Å²) in [6, 6.07) is 0.697. The molecule has 0 radical (unpaired) electrons. The molecule has 1 heterocycles. The van der Waals surface area contributed by atoms with Gasteiger partial charge in [-0.3, -0.25) is 0 Å². The first-order chi connectivity index (χ1) is 8.17. The number of piperidine rings is 1. The van der Waals surface area contributed by atoms with Gasteiger partial charge < -0.3 is 10.2 Å². The Morgan fingerprint density at radius 2 is 1.94 bits per heavy atom. The maximum absolute atomic E-state index is 3.72. The van der Waals surface area contributed by atoms with Crippen LogP contribution >= 0.6 is 11.8 Å².